The van der Waals surface area contributed by atoms with Gasteiger partial charge in [-0.05, 0) is 41.8 Å². The van der Waals surface area contributed by atoms with Gasteiger partial charge in [-0.3, -0.25) is 9.97 Å². The molecule has 0 radical (unpaired) electrons. The van der Waals surface area contributed by atoms with Crippen LogP contribution < -0.4 is 5.73 Å². The Kier molecular flexibility index (Phi) is 2.97. The number of nitrogens with two attached hydrogens (primary N) is 1. The van der Waals surface area contributed by atoms with E-state index < -0.39 is 0 Å². The van der Waals surface area contributed by atoms with Gasteiger partial charge in [0.25, 0.3) is 0 Å². The molecule has 1 unspecified atom stereocenters. The van der Waals surface area contributed by atoms with Gasteiger partial charge in [-0.1, -0.05) is 18.2 Å². The van der Waals surface area contributed by atoms with Gasteiger partial charge in [-0.25, -0.2) is 0 Å². The van der Waals surface area contributed by atoms with Crippen molar-refractivity contribution in [3.8, 4) is 0 Å². The summed E-state index contributed by atoms with van der Waals surface area (Å²) < 4.78 is 0. The summed E-state index contributed by atoms with van der Waals surface area (Å²) in [5, 5.41) is 1.13. The number of hydrogen-bond acceptors (Lipinski definition) is 3. The predicted molar refractivity (Wildman–Crippen MR) is 76.7 cm³/mol. The molecule has 0 aliphatic heterocycles. The van der Waals surface area contributed by atoms with Crippen molar-refractivity contribution >= 4 is 10.9 Å². The Balaban J connectivity index is 2.07. The van der Waals surface area contributed by atoms with Gasteiger partial charge < -0.3 is 5.73 Å². The van der Waals surface area contributed by atoms with Crippen LogP contribution in [0.4, 0.5) is 0 Å². The first-order valence-corrected chi connectivity index (χ1v) is 6.26. The second-order valence-corrected chi connectivity index (χ2v) is 4.67. The summed E-state index contributed by atoms with van der Waals surface area (Å²) in [5.74, 6) is 0. The maximum atomic E-state index is 6.34. The predicted octanol–water partition coefficient (Wildman–Crippen LogP) is 2.99. The number of hydrogen-bond donors (Lipinski definition) is 1. The smallest absolute Gasteiger partial charge is 0.0705 e. The zero-order valence-electron chi connectivity index (χ0n) is 10.7. The molecule has 1 atom stereocenters. The van der Waals surface area contributed by atoms with Gasteiger partial charge >= 0.3 is 0 Å². The Morgan fingerprint density at radius 2 is 2.00 bits per heavy atom. The van der Waals surface area contributed by atoms with Gasteiger partial charge in [0.2, 0.25) is 0 Å². The number of pyridine rings is 2. The largest absolute Gasteiger partial charge is 0.320 e. The second kappa shape index (κ2) is 4.78. The quantitative estimate of drug-likeness (QED) is 0.759. The molecule has 94 valence electrons. The van der Waals surface area contributed by atoms with Crippen LogP contribution in [0.15, 0.2) is 55.0 Å². The average Bonchev–Trinajstić information content (AvgIpc) is 2.46. The maximum Gasteiger partial charge on any atom is 0.0705 e. The Morgan fingerprint density at radius 1 is 1.11 bits per heavy atom. The van der Waals surface area contributed by atoms with Crippen LogP contribution in [0.5, 0.6) is 0 Å². The molecule has 3 aromatic rings. The lowest BCUT2D eigenvalue weighted by Crippen LogP contribution is -2.13. The van der Waals surface area contributed by atoms with Crippen molar-refractivity contribution in [3.05, 3.63) is 71.7 Å². The van der Waals surface area contributed by atoms with Crippen molar-refractivity contribution in [3.63, 3.8) is 0 Å². The van der Waals surface area contributed by atoms with Crippen LogP contribution in [0, 0.1) is 6.92 Å². The van der Waals surface area contributed by atoms with Gasteiger partial charge in [0.05, 0.1) is 11.6 Å². The monoisotopic (exact) mass is 249 g/mol. The van der Waals surface area contributed by atoms with Gasteiger partial charge in [0, 0.05) is 24.0 Å². The van der Waals surface area contributed by atoms with Crippen molar-refractivity contribution in [2.45, 2.75) is 13.0 Å². The molecule has 2 heterocycles. The third kappa shape index (κ3) is 2.20. The van der Waals surface area contributed by atoms with E-state index in [1.165, 1.54) is 0 Å². The molecule has 0 spiro atoms. The summed E-state index contributed by atoms with van der Waals surface area (Å²) in [7, 11) is 0. The Labute approximate surface area is 112 Å². The lowest BCUT2D eigenvalue weighted by atomic mass is 9.97. The Morgan fingerprint density at radius 3 is 2.84 bits per heavy atom. The normalized spacial score (nSPS) is 12.5. The highest BCUT2D eigenvalue weighted by Crippen LogP contribution is 2.24. The van der Waals surface area contributed by atoms with E-state index in [-0.39, 0.29) is 6.04 Å². The van der Waals surface area contributed by atoms with E-state index in [0.29, 0.717) is 0 Å². The Bertz CT molecular complexity index is 722. The van der Waals surface area contributed by atoms with E-state index in [1.54, 1.807) is 12.4 Å². The van der Waals surface area contributed by atoms with Gasteiger partial charge in [-0.15, -0.1) is 0 Å². The van der Waals surface area contributed by atoms with Crippen LogP contribution in [0.2, 0.25) is 0 Å². The molecule has 2 N–H and O–H groups in total. The van der Waals surface area contributed by atoms with E-state index in [2.05, 4.69) is 29.0 Å². The first kappa shape index (κ1) is 11.8. The fraction of sp³-hybridized carbons (Fsp3) is 0.125. The number of rotatable bonds is 2. The average molecular weight is 249 g/mol. The molecule has 0 saturated heterocycles. The highest BCUT2D eigenvalue weighted by Gasteiger charge is 2.12. The third-order valence-corrected chi connectivity index (χ3v) is 3.40. The van der Waals surface area contributed by atoms with Crippen molar-refractivity contribution in [1.29, 1.82) is 0 Å². The van der Waals surface area contributed by atoms with E-state index in [4.69, 9.17) is 5.73 Å². The molecule has 1 aromatic carbocycles. The number of aryl methyl sites for hydroxylation is 1. The highest BCUT2D eigenvalue weighted by atomic mass is 14.7. The van der Waals surface area contributed by atoms with Crippen LogP contribution in [0.25, 0.3) is 10.9 Å². The first-order chi connectivity index (χ1) is 9.25. The first-order valence-electron chi connectivity index (χ1n) is 6.26. The number of benzene rings is 1. The molecule has 2 aromatic heterocycles. The van der Waals surface area contributed by atoms with Crippen molar-refractivity contribution in [2.24, 2.45) is 5.73 Å². The van der Waals surface area contributed by atoms with Gasteiger partial charge in [0.15, 0.2) is 0 Å². The zero-order valence-corrected chi connectivity index (χ0v) is 10.7. The molecule has 0 amide bonds. The van der Waals surface area contributed by atoms with Crippen LogP contribution in [0.1, 0.15) is 22.7 Å². The van der Waals surface area contributed by atoms with E-state index in [1.807, 2.05) is 30.5 Å². The zero-order chi connectivity index (χ0) is 13.2. The summed E-state index contributed by atoms with van der Waals surface area (Å²) in [5.41, 5.74) is 10.6. The standard InChI is InChI=1S/C16H15N3/c1-11-6-8-18-10-14(11)16(17)13-5-4-12-3-2-7-19-15(12)9-13/h2-10,16H,17H2,1H3. The van der Waals surface area contributed by atoms with Crippen molar-refractivity contribution < 1.29 is 0 Å². The van der Waals surface area contributed by atoms with Crippen LogP contribution in [-0.4, -0.2) is 9.97 Å². The summed E-state index contributed by atoms with van der Waals surface area (Å²) in [6.45, 7) is 2.05. The van der Waals surface area contributed by atoms with Crippen LogP contribution >= 0.6 is 0 Å². The van der Waals surface area contributed by atoms with E-state index in [0.717, 1.165) is 27.6 Å². The fourth-order valence-corrected chi connectivity index (χ4v) is 2.26. The Hall–Kier alpha value is -2.26. The minimum absolute atomic E-state index is 0.167. The molecule has 19 heavy (non-hydrogen) atoms. The molecule has 0 bridgehead atoms. The molecule has 3 heteroatoms. The fourth-order valence-electron chi connectivity index (χ4n) is 2.26. The van der Waals surface area contributed by atoms with Gasteiger partial charge in [-0.2, -0.15) is 0 Å². The lowest BCUT2D eigenvalue weighted by molar-refractivity contribution is 0.854. The number of nitrogens with zero attached hydrogens (tertiary/aromatic N) is 2. The highest BCUT2D eigenvalue weighted by molar-refractivity contribution is 5.79. The minimum atomic E-state index is -0.167. The third-order valence-electron chi connectivity index (χ3n) is 3.40. The molecule has 3 nitrogen and oxygen atoms in total. The summed E-state index contributed by atoms with van der Waals surface area (Å²) in [6.07, 6.45) is 5.42. The summed E-state index contributed by atoms with van der Waals surface area (Å²) >= 11 is 0. The lowest BCUT2D eigenvalue weighted by Gasteiger charge is -2.15. The van der Waals surface area contributed by atoms with Crippen LogP contribution in [-0.2, 0) is 0 Å². The maximum absolute atomic E-state index is 6.34. The molecule has 0 aliphatic carbocycles. The van der Waals surface area contributed by atoms with Crippen LogP contribution in [0.3, 0.4) is 0 Å². The number of fused-ring (bicyclic) bond motifs is 1. The molecule has 0 fully saturated rings. The topological polar surface area (TPSA) is 51.8 Å². The summed E-state index contributed by atoms with van der Waals surface area (Å²) in [6, 6.07) is 12.0. The molecule has 0 saturated carbocycles. The number of aromatic nitrogens is 2. The van der Waals surface area contributed by atoms with Crippen molar-refractivity contribution in [2.75, 3.05) is 0 Å². The second-order valence-electron chi connectivity index (χ2n) is 4.67. The SMILES string of the molecule is Cc1ccncc1C(N)c1ccc2cccnc2c1. The molecular formula is C16H15N3. The minimum Gasteiger partial charge on any atom is -0.320 e. The van der Waals surface area contributed by atoms with Gasteiger partial charge in [0.1, 0.15) is 0 Å². The van der Waals surface area contributed by atoms with E-state index >= 15 is 0 Å². The molecule has 3 rings (SSSR count). The summed E-state index contributed by atoms with van der Waals surface area (Å²) in [4.78, 5) is 8.53. The van der Waals surface area contributed by atoms with E-state index in [9.17, 15) is 0 Å². The molecular weight excluding hydrogens is 234 g/mol. The molecule has 0 aliphatic rings. The van der Waals surface area contributed by atoms with Crippen molar-refractivity contribution in [1.82, 2.24) is 9.97 Å².